The molecule has 0 unspecified atom stereocenters. The van der Waals surface area contributed by atoms with Gasteiger partial charge in [0.25, 0.3) is 0 Å². The van der Waals surface area contributed by atoms with Crippen LogP contribution in [0.25, 0.3) is 22.8 Å². The molecule has 0 aliphatic heterocycles. The van der Waals surface area contributed by atoms with Crippen molar-refractivity contribution in [1.29, 1.82) is 0 Å². The van der Waals surface area contributed by atoms with Crippen molar-refractivity contribution in [2.75, 3.05) is 5.75 Å². The van der Waals surface area contributed by atoms with Gasteiger partial charge in [0, 0.05) is 29.8 Å². The first-order valence-corrected chi connectivity index (χ1v) is 10.7. The standard InChI is InChI=1S/C22H23N5OS/c1-3-27-21(18-13-8-7-10-16(18)2)24-25-22(27)29-15-9-14-19-23-20(26-28-19)17-11-5-4-6-12-17/h4-8,10-13H,3,9,14-15H2,1-2H3. The summed E-state index contributed by atoms with van der Waals surface area (Å²) in [6, 6.07) is 18.2. The maximum atomic E-state index is 5.39. The summed E-state index contributed by atoms with van der Waals surface area (Å²) in [5, 5.41) is 13.9. The lowest BCUT2D eigenvalue weighted by molar-refractivity contribution is 0.378. The number of aromatic nitrogens is 5. The van der Waals surface area contributed by atoms with E-state index in [1.165, 1.54) is 5.56 Å². The van der Waals surface area contributed by atoms with E-state index in [9.17, 15) is 0 Å². The lowest BCUT2D eigenvalue weighted by Crippen LogP contribution is -2.01. The summed E-state index contributed by atoms with van der Waals surface area (Å²) < 4.78 is 7.56. The lowest BCUT2D eigenvalue weighted by atomic mass is 10.1. The maximum absolute atomic E-state index is 5.39. The molecule has 4 rings (SSSR count). The summed E-state index contributed by atoms with van der Waals surface area (Å²) in [5.74, 6) is 3.15. The molecule has 4 aromatic rings. The quantitative estimate of drug-likeness (QED) is 0.302. The first kappa shape index (κ1) is 19.4. The first-order valence-electron chi connectivity index (χ1n) is 9.76. The predicted octanol–water partition coefficient (Wildman–Crippen LogP) is 5.05. The van der Waals surface area contributed by atoms with Crippen LogP contribution < -0.4 is 0 Å². The Bertz CT molecular complexity index is 1070. The van der Waals surface area contributed by atoms with Crippen molar-refractivity contribution in [2.24, 2.45) is 0 Å². The van der Waals surface area contributed by atoms with Crippen LogP contribution in [-0.4, -0.2) is 30.7 Å². The number of aryl methyl sites for hydroxylation is 2. The summed E-state index contributed by atoms with van der Waals surface area (Å²) in [5.41, 5.74) is 3.31. The second kappa shape index (κ2) is 9.05. The maximum Gasteiger partial charge on any atom is 0.226 e. The highest BCUT2D eigenvalue weighted by Gasteiger charge is 2.15. The lowest BCUT2D eigenvalue weighted by Gasteiger charge is -2.08. The van der Waals surface area contributed by atoms with Gasteiger partial charge in [0.05, 0.1) is 0 Å². The molecule has 0 saturated heterocycles. The number of nitrogens with zero attached hydrogens (tertiary/aromatic N) is 5. The molecule has 0 fully saturated rings. The fraction of sp³-hybridized carbons (Fsp3) is 0.273. The van der Waals surface area contributed by atoms with Crippen molar-refractivity contribution in [3.63, 3.8) is 0 Å². The van der Waals surface area contributed by atoms with Crippen LogP contribution in [0, 0.1) is 6.92 Å². The Morgan fingerprint density at radius 3 is 2.59 bits per heavy atom. The predicted molar refractivity (Wildman–Crippen MR) is 115 cm³/mol. The van der Waals surface area contributed by atoms with E-state index in [1.807, 2.05) is 42.5 Å². The average Bonchev–Trinajstić information content (AvgIpc) is 3.39. The number of thioether (sulfide) groups is 1. The SMILES string of the molecule is CCn1c(SCCCc2nc(-c3ccccc3)no2)nnc1-c1ccccc1C. The molecule has 0 amide bonds. The molecule has 29 heavy (non-hydrogen) atoms. The minimum atomic E-state index is 0.641. The van der Waals surface area contributed by atoms with Crippen molar-refractivity contribution < 1.29 is 4.52 Å². The molecular weight excluding hydrogens is 382 g/mol. The van der Waals surface area contributed by atoms with E-state index in [1.54, 1.807) is 11.8 Å². The van der Waals surface area contributed by atoms with Gasteiger partial charge in [0.15, 0.2) is 11.0 Å². The van der Waals surface area contributed by atoms with E-state index >= 15 is 0 Å². The molecule has 0 bridgehead atoms. The van der Waals surface area contributed by atoms with Gasteiger partial charge in [0.2, 0.25) is 11.7 Å². The molecule has 148 valence electrons. The minimum absolute atomic E-state index is 0.641. The second-order valence-corrected chi connectivity index (χ2v) is 7.76. The minimum Gasteiger partial charge on any atom is -0.339 e. The summed E-state index contributed by atoms with van der Waals surface area (Å²) in [7, 11) is 0. The average molecular weight is 406 g/mol. The third-order valence-electron chi connectivity index (χ3n) is 4.69. The van der Waals surface area contributed by atoms with Crippen LogP contribution in [0.15, 0.2) is 64.3 Å². The van der Waals surface area contributed by atoms with E-state index in [4.69, 9.17) is 4.52 Å². The van der Waals surface area contributed by atoms with Gasteiger partial charge in [-0.3, -0.25) is 0 Å². The molecule has 0 atom stereocenters. The highest BCUT2D eigenvalue weighted by atomic mass is 32.2. The second-order valence-electron chi connectivity index (χ2n) is 6.70. The molecule has 0 spiro atoms. The Balaban J connectivity index is 1.36. The van der Waals surface area contributed by atoms with Gasteiger partial charge in [-0.15, -0.1) is 10.2 Å². The van der Waals surface area contributed by atoms with Crippen LogP contribution in [0.1, 0.15) is 24.8 Å². The van der Waals surface area contributed by atoms with Gasteiger partial charge in [-0.1, -0.05) is 71.5 Å². The Morgan fingerprint density at radius 1 is 1.00 bits per heavy atom. The fourth-order valence-corrected chi connectivity index (χ4v) is 4.09. The zero-order valence-electron chi connectivity index (χ0n) is 16.6. The van der Waals surface area contributed by atoms with Gasteiger partial charge in [0.1, 0.15) is 0 Å². The van der Waals surface area contributed by atoms with Crippen molar-refractivity contribution >= 4 is 11.8 Å². The van der Waals surface area contributed by atoms with Crippen LogP contribution in [-0.2, 0) is 13.0 Å². The molecule has 7 heteroatoms. The van der Waals surface area contributed by atoms with E-state index in [0.717, 1.165) is 47.2 Å². The Labute approximate surface area is 174 Å². The molecule has 2 aromatic heterocycles. The number of hydrogen-bond donors (Lipinski definition) is 0. The van der Waals surface area contributed by atoms with Crippen molar-refractivity contribution in [2.45, 2.75) is 38.4 Å². The molecular formula is C22H23N5OS. The van der Waals surface area contributed by atoms with Gasteiger partial charge in [-0.2, -0.15) is 4.98 Å². The van der Waals surface area contributed by atoms with E-state index in [0.29, 0.717) is 11.7 Å². The summed E-state index contributed by atoms with van der Waals surface area (Å²) in [6.07, 6.45) is 1.68. The third kappa shape index (κ3) is 4.40. The molecule has 0 saturated carbocycles. The zero-order valence-corrected chi connectivity index (χ0v) is 17.4. The van der Waals surface area contributed by atoms with Crippen molar-refractivity contribution in [3.05, 3.63) is 66.1 Å². The molecule has 0 radical (unpaired) electrons. The summed E-state index contributed by atoms with van der Waals surface area (Å²) >= 11 is 1.71. The van der Waals surface area contributed by atoms with Gasteiger partial charge >= 0.3 is 0 Å². The molecule has 6 nitrogen and oxygen atoms in total. The van der Waals surface area contributed by atoms with Gasteiger partial charge in [-0.25, -0.2) is 0 Å². The van der Waals surface area contributed by atoms with Crippen LogP contribution in [0.5, 0.6) is 0 Å². The number of hydrogen-bond acceptors (Lipinski definition) is 6. The third-order valence-corrected chi connectivity index (χ3v) is 5.74. The normalized spacial score (nSPS) is 11.1. The largest absolute Gasteiger partial charge is 0.339 e. The molecule has 2 heterocycles. The van der Waals surface area contributed by atoms with E-state index in [2.05, 4.69) is 50.9 Å². The van der Waals surface area contributed by atoms with Gasteiger partial charge < -0.3 is 9.09 Å². The van der Waals surface area contributed by atoms with Crippen molar-refractivity contribution in [1.82, 2.24) is 24.9 Å². The Hall–Kier alpha value is -2.93. The molecule has 2 aromatic carbocycles. The monoisotopic (exact) mass is 405 g/mol. The van der Waals surface area contributed by atoms with Crippen molar-refractivity contribution in [3.8, 4) is 22.8 Å². The zero-order chi connectivity index (χ0) is 20.1. The van der Waals surface area contributed by atoms with Gasteiger partial charge in [-0.05, 0) is 25.8 Å². The topological polar surface area (TPSA) is 69.6 Å². The highest BCUT2D eigenvalue weighted by Crippen LogP contribution is 2.26. The smallest absolute Gasteiger partial charge is 0.226 e. The molecule has 0 N–H and O–H groups in total. The van der Waals surface area contributed by atoms with Crippen LogP contribution >= 0.6 is 11.8 Å². The first-order chi connectivity index (χ1) is 14.3. The number of benzene rings is 2. The summed E-state index contributed by atoms with van der Waals surface area (Å²) in [6.45, 7) is 5.06. The van der Waals surface area contributed by atoms with Crippen LogP contribution in [0.4, 0.5) is 0 Å². The molecule has 0 aliphatic rings. The summed E-state index contributed by atoms with van der Waals surface area (Å²) in [4.78, 5) is 4.49. The van der Waals surface area contributed by atoms with Crippen LogP contribution in [0.3, 0.4) is 0 Å². The fourth-order valence-electron chi connectivity index (χ4n) is 3.15. The van der Waals surface area contributed by atoms with Crippen LogP contribution in [0.2, 0.25) is 0 Å². The Morgan fingerprint density at radius 2 is 1.79 bits per heavy atom. The molecule has 0 aliphatic carbocycles. The highest BCUT2D eigenvalue weighted by molar-refractivity contribution is 7.99. The number of rotatable bonds is 8. The Kier molecular flexibility index (Phi) is 6.05. The van der Waals surface area contributed by atoms with E-state index in [-0.39, 0.29) is 0 Å². The van der Waals surface area contributed by atoms with E-state index < -0.39 is 0 Å².